The molecule has 0 saturated heterocycles. The zero-order valence-corrected chi connectivity index (χ0v) is 8.73. The van der Waals surface area contributed by atoms with Crippen LogP contribution < -0.4 is 5.73 Å². The third kappa shape index (κ3) is 6.51. The van der Waals surface area contributed by atoms with E-state index in [2.05, 4.69) is 13.8 Å². The summed E-state index contributed by atoms with van der Waals surface area (Å²) in [5, 5.41) is 8.41. The van der Waals surface area contributed by atoms with Gasteiger partial charge in [-0.3, -0.25) is 0 Å². The Morgan fingerprint density at radius 3 is 2.75 bits per heavy atom. The van der Waals surface area contributed by atoms with Crippen molar-refractivity contribution in [1.82, 2.24) is 0 Å². The Bertz CT molecular complexity index is 142. The van der Waals surface area contributed by atoms with Gasteiger partial charge in [0, 0.05) is 0 Å². The van der Waals surface area contributed by atoms with Crippen molar-refractivity contribution in [2.24, 2.45) is 11.7 Å². The Labute approximate surface area is 79.5 Å². The maximum absolute atomic E-state index is 8.41. The first kappa shape index (κ1) is 11.8. The summed E-state index contributed by atoms with van der Waals surface area (Å²) in [6.07, 6.45) is 2.05. The predicted octanol–water partition coefficient (Wildman–Crippen LogP) is 2.01. The highest BCUT2D eigenvalue weighted by Crippen LogP contribution is 2.12. The molecule has 0 aliphatic rings. The maximum atomic E-state index is 8.41. The zero-order valence-electron chi connectivity index (χ0n) is 7.92. The van der Waals surface area contributed by atoms with Gasteiger partial charge in [0.25, 0.3) is 0 Å². The van der Waals surface area contributed by atoms with Crippen molar-refractivity contribution in [3.8, 4) is 6.07 Å². The van der Waals surface area contributed by atoms with Crippen molar-refractivity contribution in [1.29, 1.82) is 5.26 Å². The maximum Gasteiger partial charge on any atom is 0.0935 e. The molecule has 0 saturated carbocycles. The highest BCUT2D eigenvalue weighted by Gasteiger charge is 2.01. The fourth-order valence-corrected chi connectivity index (χ4v) is 1.90. The third-order valence-electron chi connectivity index (χ3n) is 1.84. The molecule has 0 aliphatic heterocycles. The summed E-state index contributed by atoms with van der Waals surface area (Å²) in [6.45, 7) is 4.45. The number of hydrogen-bond donors (Lipinski definition) is 1. The van der Waals surface area contributed by atoms with Crippen LogP contribution in [0, 0.1) is 17.2 Å². The average molecular weight is 186 g/mol. The molecule has 0 aromatic carbocycles. The van der Waals surface area contributed by atoms with Crippen molar-refractivity contribution < 1.29 is 0 Å². The molecule has 2 atom stereocenters. The van der Waals surface area contributed by atoms with Gasteiger partial charge in [0.05, 0.1) is 12.1 Å². The van der Waals surface area contributed by atoms with E-state index in [0.717, 1.165) is 18.1 Å². The first-order valence-corrected chi connectivity index (χ1v) is 5.59. The Morgan fingerprint density at radius 1 is 1.58 bits per heavy atom. The first-order chi connectivity index (χ1) is 5.70. The summed E-state index contributed by atoms with van der Waals surface area (Å²) in [5.41, 5.74) is 5.45. The van der Waals surface area contributed by atoms with Gasteiger partial charge in [0.2, 0.25) is 0 Å². The number of thioether (sulfide) groups is 1. The molecule has 12 heavy (non-hydrogen) atoms. The van der Waals surface area contributed by atoms with Gasteiger partial charge >= 0.3 is 0 Å². The van der Waals surface area contributed by atoms with Crippen molar-refractivity contribution in [2.75, 3.05) is 11.5 Å². The Morgan fingerprint density at radius 2 is 2.25 bits per heavy atom. The highest BCUT2D eigenvalue weighted by molar-refractivity contribution is 7.99. The zero-order chi connectivity index (χ0) is 9.40. The number of nitriles is 1. The van der Waals surface area contributed by atoms with Crippen molar-refractivity contribution in [3.63, 3.8) is 0 Å². The SMILES string of the molecule is CCC(C)CSCCC(N)C#N. The molecule has 0 aromatic heterocycles. The van der Waals surface area contributed by atoms with Crippen LogP contribution in [0.4, 0.5) is 0 Å². The second-order valence-corrected chi connectivity index (χ2v) is 4.26. The summed E-state index contributed by atoms with van der Waals surface area (Å²) in [6, 6.07) is 1.76. The van der Waals surface area contributed by atoms with E-state index in [0.29, 0.717) is 0 Å². The Hall–Kier alpha value is -0.200. The minimum absolute atomic E-state index is 0.269. The van der Waals surface area contributed by atoms with Gasteiger partial charge in [-0.05, 0) is 23.8 Å². The monoisotopic (exact) mass is 186 g/mol. The molecule has 0 bridgehead atoms. The molecule has 0 rings (SSSR count). The molecule has 0 radical (unpaired) electrons. The van der Waals surface area contributed by atoms with Gasteiger partial charge in [0.15, 0.2) is 0 Å². The van der Waals surface area contributed by atoms with Gasteiger partial charge in [0.1, 0.15) is 0 Å². The summed E-state index contributed by atoms with van der Waals surface area (Å²) < 4.78 is 0. The van der Waals surface area contributed by atoms with Crippen LogP contribution in [0.1, 0.15) is 26.7 Å². The first-order valence-electron chi connectivity index (χ1n) is 4.43. The van der Waals surface area contributed by atoms with E-state index in [4.69, 9.17) is 11.0 Å². The van der Waals surface area contributed by atoms with E-state index in [1.165, 1.54) is 12.2 Å². The number of rotatable bonds is 6. The molecule has 0 amide bonds. The number of nitrogens with two attached hydrogens (primary N) is 1. The molecular weight excluding hydrogens is 168 g/mol. The fraction of sp³-hybridized carbons (Fsp3) is 0.889. The number of nitrogens with zero attached hydrogens (tertiary/aromatic N) is 1. The van der Waals surface area contributed by atoms with E-state index < -0.39 is 0 Å². The molecule has 0 heterocycles. The summed E-state index contributed by atoms with van der Waals surface area (Å²) in [4.78, 5) is 0. The Balaban J connectivity index is 3.17. The van der Waals surface area contributed by atoms with Crippen LogP contribution in [-0.4, -0.2) is 17.5 Å². The Kier molecular flexibility index (Phi) is 7.33. The minimum Gasteiger partial charge on any atom is -0.316 e. The highest BCUT2D eigenvalue weighted by atomic mass is 32.2. The number of hydrogen-bond acceptors (Lipinski definition) is 3. The lowest BCUT2D eigenvalue weighted by Crippen LogP contribution is -2.17. The van der Waals surface area contributed by atoms with Crippen molar-refractivity contribution >= 4 is 11.8 Å². The summed E-state index contributed by atoms with van der Waals surface area (Å²) >= 11 is 1.90. The second-order valence-electron chi connectivity index (χ2n) is 3.11. The molecule has 2 unspecified atom stereocenters. The fourth-order valence-electron chi connectivity index (χ4n) is 0.677. The van der Waals surface area contributed by atoms with Crippen LogP contribution in [0.3, 0.4) is 0 Å². The molecule has 3 heteroatoms. The topological polar surface area (TPSA) is 49.8 Å². The smallest absolute Gasteiger partial charge is 0.0935 e. The standard InChI is InChI=1S/C9H18N2S/c1-3-8(2)7-12-5-4-9(11)6-10/h8-9H,3-5,7,11H2,1-2H3. The average Bonchev–Trinajstić information content (AvgIpc) is 2.11. The second kappa shape index (κ2) is 7.45. The van der Waals surface area contributed by atoms with Crippen molar-refractivity contribution in [2.45, 2.75) is 32.7 Å². The van der Waals surface area contributed by atoms with Crippen LogP contribution in [0.2, 0.25) is 0 Å². The van der Waals surface area contributed by atoms with Gasteiger partial charge in [-0.1, -0.05) is 20.3 Å². The van der Waals surface area contributed by atoms with Gasteiger partial charge in [-0.15, -0.1) is 0 Å². The molecule has 0 spiro atoms. The van der Waals surface area contributed by atoms with Crippen LogP contribution in [-0.2, 0) is 0 Å². The lowest BCUT2D eigenvalue weighted by molar-refractivity contribution is 0.636. The molecule has 2 nitrogen and oxygen atoms in total. The lowest BCUT2D eigenvalue weighted by Gasteiger charge is -2.07. The molecule has 0 aromatic rings. The lowest BCUT2D eigenvalue weighted by atomic mass is 10.2. The normalized spacial score (nSPS) is 15.2. The summed E-state index contributed by atoms with van der Waals surface area (Å²) in [7, 11) is 0. The molecule has 70 valence electrons. The van der Waals surface area contributed by atoms with Crippen LogP contribution >= 0.6 is 11.8 Å². The molecule has 0 fully saturated rings. The van der Waals surface area contributed by atoms with Crippen LogP contribution in [0.15, 0.2) is 0 Å². The van der Waals surface area contributed by atoms with E-state index in [-0.39, 0.29) is 6.04 Å². The van der Waals surface area contributed by atoms with Crippen LogP contribution in [0.5, 0.6) is 0 Å². The quantitative estimate of drug-likeness (QED) is 0.645. The van der Waals surface area contributed by atoms with E-state index in [9.17, 15) is 0 Å². The molecule has 0 aliphatic carbocycles. The van der Waals surface area contributed by atoms with E-state index in [1.54, 1.807) is 0 Å². The molecule has 2 N–H and O–H groups in total. The third-order valence-corrected chi connectivity index (χ3v) is 3.17. The van der Waals surface area contributed by atoms with Gasteiger partial charge in [-0.25, -0.2) is 0 Å². The molecular formula is C9H18N2S. The van der Waals surface area contributed by atoms with E-state index >= 15 is 0 Å². The van der Waals surface area contributed by atoms with Gasteiger partial charge in [-0.2, -0.15) is 17.0 Å². The predicted molar refractivity (Wildman–Crippen MR) is 55.0 cm³/mol. The minimum atomic E-state index is -0.269. The van der Waals surface area contributed by atoms with E-state index in [1.807, 2.05) is 17.8 Å². The van der Waals surface area contributed by atoms with Crippen LogP contribution in [0.25, 0.3) is 0 Å². The summed E-state index contributed by atoms with van der Waals surface area (Å²) in [5.74, 6) is 2.99. The van der Waals surface area contributed by atoms with Crippen molar-refractivity contribution in [3.05, 3.63) is 0 Å². The largest absolute Gasteiger partial charge is 0.316 e. The van der Waals surface area contributed by atoms with Gasteiger partial charge < -0.3 is 5.73 Å².